The van der Waals surface area contributed by atoms with Crippen LogP contribution in [-0.4, -0.2) is 43.2 Å². The Morgan fingerprint density at radius 3 is 2.40 bits per heavy atom. The highest BCUT2D eigenvalue weighted by Crippen LogP contribution is 2.19. The quantitative estimate of drug-likeness (QED) is 0.772. The van der Waals surface area contributed by atoms with Crippen LogP contribution < -0.4 is 5.32 Å². The third kappa shape index (κ3) is 3.70. The lowest BCUT2D eigenvalue weighted by atomic mass is 10.0. The largest absolute Gasteiger partial charge is 0.406 e. The molecule has 0 saturated carbocycles. The fourth-order valence-corrected chi connectivity index (χ4v) is 1.47. The van der Waals surface area contributed by atoms with Crippen LogP contribution >= 0.6 is 0 Å². The monoisotopic (exact) mass is 224 g/mol. The van der Waals surface area contributed by atoms with Crippen molar-refractivity contribution in [1.82, 2.24) is 10.2 Å². The summed E-state index contributed by atoms with van der Waals surface area (Å²) in [6.45, 7) is 1.80. The van der Waals surface area contributed by atoms with Crippen LogP contribution in [0.3, 0.4) is 0 Å². The average Bonchev–Trinajstić information content (AvgIpc) is 1.97. The third-order valence-corrected chi connectivity index (χ3v) is 2.31. The molecule has 0 unspecified atom stereocenters. The van der Waals surface area contributed by atoms with Gasteiger partial charge in [-0.05, 0) is 6.42 Å². The smallest absolute Gasteiger partial charge is 0.333 e. The molecule has 1 aliphatic heterocycles. The van der Waals surface area contributed by atoms with E-state index in [4.69, 9.17) is 0 Å². The molecule has 0 aromatic carbocycles. The van der Waals surface area contributed by atoms with E-state index < -0.39 is 12.7 Å². The standard InChI is InChI=1S/C9H15F3N2O/c1-2-3-14(6-9(10,11)12)8(15)7-4-13-5-7/h7,13H,2-6H2,1H3. The molecule has 1 heterocycles. The first-order valence-electron chi connectivity index (χ1n) is 5.00. The lowest BCUT2D eigenvalue weighted by molar-refractivity contribution is -0.164. The Hall–Kier alpha value is -0.780. The summed E-state index contributed by atoms with van der Waals surface area (Å²) < 4.78 is 36.5. The van der Waals surface area contributed by atoms with Gasteiger partial charge in [0, 0.05) is 19.6 Å². The number of hydrogen-bond acceptors (Lipinski definition) is 2. The minimum Gasteiger partial charge on any atom is -0.333 e. The van der Waals surface area contributed by atoms with Crippen LogP contribution in [0.4, 0.5) is 13.2 Å². The zero-order valence-electron chi connectivity index (χ0n) is 8.60. The molecule has 0 aromatic heterocycles. The molecule has 6 heteroatoms. The number of rotatable bonds is 4. The van der Waals surface area contributed by atoms with Crippen molar-refractivity contribution in [3.63, 3.8) is 0 Å². The van der Waals surface area contributed by atoms with Crippen LogP contribution in [0.15, 0.2) is 0 Å². The number of alkyl halides is 3. The average molecular weight is 224 g/mol. The molecular weight excluding hydrogens is 209 g/mol. The van der Waals surface area contributed by atoms with Gasteiger partial charge in [-0.25, -0.2) is 0 Å². The number of hydrogen-bond donors (Lipinski definition) is 1. The van der Waals surface area contributed by atoms with Gasteiger partial charge in [-0.2, -0.15) is 13.2 Å². The molecule has 0 aromatic rings. The number of halogens is 3. The number of nitrogens with zero attached hydrogens (tertiary/aromatic N) is 1. The summed E-state index contributed by atoms with van der Waals surface area (Å²) in [6, 6.07) is 0. The highest BCUT2D eigenvalue weighted by molar-refractivity contribution is 5.80. The van der Waals surface area contributed by atoms with Crippen molar-refractivity contribution in [1.29, 1.82) is 0 Å². The lowest BCUT2D eigenvalue weighted by Gasteiger charge is -2.32. The van der Waals surface area contributed by atoms with Gasteiger partial charge in [-0.3, -0.25) is 4.79 Å². The molecule has 1 amide bonds. The lowest BCUT2D eigenvalue weighted by Crippen LogP contribution is -2.53. The highest BCUT2D eigenvalue weighted by atomic mass is 19.4. The van der Waals surface area contributed by atoms with E-state index >= 15 is 0 Å². The Balaban J connectivity index is 2.51. The van der Waals surface area contributed by atoms with Gasteiger partial charge in [0.05, 0.1) is 5.92 Å². The molecule has 15 heavy (non-hydrogen) atoms. The van der Waals surface area contributed by atoms with E-state index in [0.717, 1.165) is 4.90 Å². The van der Waals surface area contributed by atoms with Crippen molar-refractivity contribution in [2.45, 2.75) is 19.5 Å². The summed E-state index contributed by atoms with van der Waals surface area (Å²) >= 11 is 0. The molecule has 1 fully saturated rings. The van der Waals surface area contributed by atoms with E-state index in [-0.39, 0.29) is 18.4 Å². The fraction of sp³-hybridized carbons (Fsp3) is 0.889. The molecule has 1 N–H and O–H groups in total. The van der Waals surface area contributed by atoms with Crippen LogP contribution in [0.5, 0.6) is 0 Å². The summed E-state index contributed by atoms with van der Waals surface area (Å²) in [5.41, 5.74) is 0. The summed E-state index contributed by atoms with van der Waals surface area (Å²) in [5, 5.41) is 2.87. The summed E-state index contributed by atoms with van der Waals surface area (Å²) in [7, 11) is 0. The van der Waals surface area contributed by atoms with Crippen molar-refractivity contribution >= 4 is 5.91 Å². The molecule has 3 nitrogen and oxygen atoms in total. The van der Waals surface area contributed by atoms with Gasteiger partial charge >= 0.3 is 6.18 Å². The summed E-state index contributed by atoms with van der Waals surface area (Å²) in [5.74, 6) is -0.646. The molecule has 1 saturated heterocycles. The molecule has 0 radical (unpaired) electrons. The van der Waals surface area contributed by atoms with Crippen molar-refractivity contribution in [2.75, 3.05) is 26.2 Å². The van der Waals surface area contributed by atoms with Crippen LogP contribution in [-0.2, 0) is 4.79 Å². The Bertz CT molecular complexity index is 226. The number of carbonyl (C=O) groups is 1. The summed E-state index contributed by atoms with van der Waals surface area (Å²) in [6.07, 6.45) is -3.76. The SMILES string of the molecule is CCCN(CC(F)(F)F)C(=O)C1CNC1. The molecule has 0 atom stereocenters. The maximum Gasteiger partial charge on any atom is 0.406 e. The predicted octanol–water partition coefficient (Wildman–Crippen LogP) is 1.01. The second-order valence-electron chi connectivity index (χ2n) is 3.73. The Kier molecular flexibility index (Phi) is 3.96. The van der Waals surface area contributed by atoms with E-state index in [1.165, 1.54) is 0 Å². The van der Waals surface area contributed by atoms with Crippen LogP contribution in [0, 0.1) is 5.92 Å². The maximum atomic E-state index is 12.2. The molecule has 0 aliphatic carbocycles. The van der Waals surface area contributed by atoms with E-state index in [0.29, 0.717) is 19.5 Å². The fourth-order valence-electron chi connectivity index (χ4n) is 1.47. The van der Waals surface area contributed by atoms with Crippen LogP contribution in [0.25, 0.3) is 0 Å². The topological polar surface area (TPSA) is 32.3 Å². The molecular formula is C9H15F3N2O. The highest BCUT2D eigenvalue weighted by Gasteiger charge is 2.36. The minimum absolute atomic E-state index is 0.175. The van der Waals surface area contributed by atoms with Crippen molar-refractivity contribution in [3.8, 4) is 0 Å². The Morgan fingerprint density at radius 2 is 2.07 bits per heavy atom. The maximum absolute atomic E-state index is 12.2. The van der Waals surface area contributed by atoms with Gasteiger partial charge in [0.25, 0.3) is 0 Å². The minimum atomic E-state index is -4.30. The van der Waals surface area contributed by atoms with E-state index in [1.807, 2.05) is 0 Å². The van der Waals surface area contributed by atoms with E-state index in [1.54, 1.807) is 6.92 Å². The van der Waals surface area contributed by atoms with Crippen molar-refractivity contribution < 1.29 is 18.0 Å². The first kappa shape index (κ1) is 12.3. The number of nitrogens with one attached hydrogen (secondary N) is 1. The molecule has 1 rings (SSSR count). The Labute approximate surface area is 86.6 Å². The molecule has 88 valence electrons. The van der Waals surface area contributed by atoms with Gasteiger partial charge < -0.3 is 10.2 Å². The van der Waals surface area contributed by atoms with Gasteiger partial charge in [-0.15, -0.1) is 0 Å². The first-order chi connectivity index (χ1) is 6.94. The summed E-state index contributed by atoms with van der Waals surface area (Å²) in [4.78, 5) is 12.5. The van der Waals surface area contributed by atoms with Gasteiger partial charge in [0.15, 0.2) is 0 Å². The zero-order valence-corrected chi connectivity index (χ0v) is 8.60. The van der Waals surface area contributed by atoms with Gasteiger partial charge in [-0.1, -0.05) is 6.92 Å². The zero-order chi connectivity index (χ0) is 11.5. The molecule has 0 bridgehead atoms. The number of amides is 1. The second-order valence-corrected chi connectivity index (χ2v) is 3.73. The van der Waals surface area contributed by atoms with Crippen molar-refractivity contribution in [2.24, 2.45) is 5.92 Å². The van der Waals surface area contributed by atoms with Gasteiger partial charge in [0.1, 0.15) is 6.54 Å². The van der Waals surface area contributed by atoms with E-state index in [2.05, 4.69) is 5.32 Å². The molecule has 1 aliphatic rings. The predicted molar refractivity (Wildman–Crippen MR) is 49.3 cm³/mol. The van der Waals surface area contributed by atoms with Crippen LogP contribution in [0.2, 0.25) is 0 Å². The second kappa shape index (κ2) is 4.83. The van der Waals surface area contributed by atoms with Gasteiger partial charge in [0.2, 0.25) is 5.91 Å². The molecule has 0 spiro atoms. The Morgan fingerprint density at radius 1 is 1.47 bits per heavy atom. The number of carbonyl (C=O) groups excluding carboxylic acids is 1. The van der Waals surface area contributed by atoms with Crippen molar-refractivity contribution in [3.05, 3.63) is 0 Å². The third-order valence-electron chi connectivity index (χ3n) is 2.31. The van der Waals surface area contributed by atoms with E-state index in [9.17, 15) is 18.0 Å². The van der Waals surface area contributed by atoms with Crippen LogP contribution in [0.1, 0.15) is 13.3 Å². The normalized spacial score (nSPS) is 17.3. The first-order valence-corrected chi connectivity index (χ1v) is 5.00.